The topological polar surface area (TPSA) is 57.7 Å². The first-order valence-electron chi connectivity index (χ1n) is 8.48. The summed E-state index contributed by atoms with van der Waals surface area (Å²) in [7, 11) is 1.62. The van der Waals surface area contributed by atoms with E-state index in [-0.39, 0.29) is 6.03 Å². The number of nitrogens with zero attached hydrogens (tertiary/aromatic N) is 3. The summed E-state index contributed by atoms with van der Waals surface area (Å²) >= 11 is 0. The van der Waals surface area contributed by atoms with Crippen LogP contribution in [-0.4, -0.2) is 54.1 Å². The minimum absolute atomic E-state index is 0.0613. The Balaban J connectivity index is 1.53. The third-order valence-corrected chi connectivity index (χ3v) is 4.46. The highest BCUT2D eigenvalue weighted by molar-refractivity contribution is 5.90. The molecule has 1 N–H and O–H groups in total. The van der Waals surface area contributed by atoms with Crippen LogP contribution in [0.2, 0.25) is 0 Å². The predicted molar refractivity (Wildman–Crippen MR) is 97.8 cm³/mol. The van der Waals surface area contributed by atoms with Crippen LogP contribution in [0, 0.1) is 6.92 Å². The Morgan fingerprint density at radius 1 is 1.20 bits per heavy atom. The van der Waals surface area contributed by atoms with Crippen molar-refractivity contribution < 1.29 is 9.53 Å². The summed E-state index contributed by atoms with van der Waals surface area (Å²) in [6.45, 7) is 5.91. The van der Waals surface area contributed by atoms with Crippen LogP contribution < -0.4 is 10.1 Å². The summed E-state index contributed by atoms with van der Waals surface area (Å²) in [6.07, 6.45) is 1.81. The quantitative estimate of drug-likeness (QED) is 0.930. The summed E-state index contributed by atoms with van der Waals surface area (Å²) in [5.74, 6) is 0.737. The molecule has 0 bridgehead atoms. The van der Waals surface area contributed by atoms with Gasteiger partial charge < -0.3 is 15.0 Å². The number of urea groups is 1. The molecule has 0 spiro atoms. The SMILES string of the molecule is COc1ccc(C)c(NC(=O)N2CCN(Cc3ccccn3)CC2)c1. The van der Waals surface area contributed by atoms with Gasteiger partial charge in [-0.2, -0.15) is 0 Å². The van der Waals surface area contributed by atoms with Crippen LogP contribution in [0.1, 0.15) is 11.3 Å². The Kier molecular flexibility index (Phi) is 5.50. The third kappa shape index (κ3) is 4.48. The van der Waals surface area contributed by atoms with Gasteiger partial charge in [-0.25, -0.2) is 4.79 Å². The van der Waals surface area contributed by atoms with Crippen LogP contribution >= 0.6 is 0 Å². The van der Waals surface area contributed by atoms with Gasteiger partial charge in [-0.05, 0) is 30.7 Å². The molecule has 25 heavy (non-hydrogen) atoms. The fourth-order valence-electron chi connectivity index (χ4n) is 2.89. The van der Waals surface area contributed by atoms with E-state index in [9.17, 15) is 4.79 Å². The number of ether oxygens (including phenoxy) is 1. The van der Waals surface area contributed by atoms with Crippen molar-refractivity contribution in [2.75, 3.05) is 38.6 Å². The van der Waals surface area contributed by atoms with E-state index in [2.05, 4.69) is 15.2 Å². The van der Waals surface area contributed by atoms with Crippen molar-refractivity contribution in [1.82, 2.24) is 14.8 Å². The van der Waals surface area contributed by atoms with Gasteiger partial charge in [0.25, 0.3) is 0 Å². The minimum atomic E-state index is -0.0613. The molecule has 1 aliphatic heterocycles. The molecule has 0 atom stereocenters. The maximum absolute atomic E-state index is 12.5. The Labute approximate surface area is 148 Å². The lowest BCUT2D eigenvalue weighted by Crippen LogP contribution is -2.49. The lowest BCUT2D eigenvalue weighted by Gasteiger charge is -2.34. The molecule has 1 aromatic carbocycles. The van der Waals surface area contributed by atoms with Crippen molar-refractivity contribution in [3.63, 3.8) is 0 Å². The number of nitrogens with one attached hydrogen (secondary N) is 1. The number of anilines is 1. The van der Waals surface area contributed by atoms with Crippen molar-refractivity contribution in [2.45, 2.75) is 13.5 Å². The molecule has 0 saturated carbocycles. The Bertz CT molecular complexity index is 713. The fraction of sp³-hybridized carbons (Fsp3) is 0.368. The highest BCUT2D eigenvalue weighted by Gasteiger charge is 2.21. The normalized spacial score (nSPS) is 15.0. The number of amides is 2. The molecule has 2 amide bonds. The number of hydrogen-bond acceptors (Lipinski definition) is 4. The Hall–Kier alpha value is -2.60. The van der Waals surface area contributed by atoms with E-state index in [4.69, 9.17) is 4.74 Å². The molecule has 1 fully saturated rings. The van der Waals surface area contributed by atoms with Crippen LogP contribution in [0.15, 0.2) is 42.6 Å². The molecule has 3 rings (SSSR count). The number of methoxy groups -OCH3 is 1. The van der Waals surface area contributed by atoms with Crippen molar-refractivity contribution in [3.8, 4) is 5.75 Å². The molecule has 2 aromatic rings. The number of pyridine rings is 1. The molecule has 0 radical (unpaired) electrons. The molecule has 132 valence electrons. The average Bonchev–Trinajstić information content (AvgIpc) is 2.65. The number of rotatable bonds is 4. The number of aromatic nitrogens is 1. The number of piperazine rings is 1. The zero-order valence-corrected chi connectivity index (χ0v) is 14.7. The number of carbonyl (C=O) groups excluding carboxylic acids is 1. The second-order valence-electron chi connectivity index (χ2n) is 6.20. The van der Waals surface area contributed by atoms with Crippen molar-refractivity contribution in [3.05, 3.63) is 53.9 Å². The summed E-state index contributed by atoms with van der Waals surface area (Å²) in [5.41, 5.74) is 2.87. The highest BCUT2D eigenvalue weighted by Crippen LogP contribution is 2.22. The molecular formula is C19H24N4O2. The first-order valence-corrected chi connectivity index (χ1v) is 8.48. The summed E-state index contributed by atoms with van der Waals surface area (Å²) < 4.78 is 5.23. The van der Waals surface area contributed by atoms with E-state index < -0.39 is 0 Å². The lowest BCUT2D eigenvalue weighted by molar-refractivity contribution is 0.142. The van der Waals surface area contributed by atoms with E-state index >= 15 is 0 Å². The Morgan fingerprint density at radius 2 is 2.00 bits per heavy atom. The molecule has 0 aliphatic carbocycles. The zero-order chi connectivity index (χ0) is 17.6. The zero-order valence-electron chi connectivity index (χ0n) is 14.7. The predicted octanol–water partition coefficient (Wildman–Crippen LogP) is 2.75. The number of hydrogen-bond donors (Lipinski definition) is 1. The fourth-order valence-corrected chi connectivity index (χ4v) is 2.89. The first kappa shape index (κ1) is 17.2. The van der Waals surface area contributed by atoms with Crippen LogP contribution in [-0.2, 0) is 6.54 Å². The van der Waals surface area contributed by atoms with E-state index in [0.717, 1.165) is 42.3 Å². The second kappa shape index (κ2) is 7.98. The molecule has 1 saturated heterocycles. The minimum Gasteiger partial charge on any atom is -0.497 e. The van der Waals surface area contributed by atoms with Gasteiger partial charge >= 0.3 is 6.03 Å². The number of carbonyl (C=O) groups is 1. The van der Waals surface area contributed by atoms with Gasteiger partial charge in [-0.15, -0.1) is 0 Å². The van der Waals surface area contributed by atoms with Crippen LogP contribution in [0.5, 0.6) is 5.75 Å². The Morgan fingerprint density at radius 3 is 2.68 bits per heavy atom. The summed E-state index contributed by atoms with van der Waals surface area (Å²) in [5, 5.41) is 3.00. The van der Waals surface area contributed by atoms with Crippen LogP contribution in [0.25, 0.3) is 0 Å². The monoisotopic (exact) mass is 340 g/mol. The lowest BCUT2D eigenvalue weighted by atomic mass is 10.2. The van der Waals surface area contributed by atoms with E-state index in [1.54, 1.807) is 7.11 Å². The van der Waals surface area contributed by atoms with Gasteiger partial charge in [-0.1, -0.05) is 12.1 Å². The largest absolute Gasteiger partial charge is 0.497 e. The van der Waals surface area contributed by atoms with E-state index in [0.29, 0.717) is 13.1 Å². The van der Waals surface area contributed by atoms with Crippen molar-refractivity contribution in [2.24, 2.45) is 0 Å². The van der Waals surface area contributed by atoms with Gasteiger partial charge in [0.05, 0.1) is 12.8 Å². The summed E-state index contributed by atoms with van der Waals surface area (Å²) in [6, 6.07) is 11.6. The second-order valence-corrected chi connectivity index (χ2v) is 6.20. The molecule has 1 aromatic heterocycles. The van der Waals surface area contributed by atoms with Crippen molar-refractivity contribution >= 4 is 11.7 Å². The molecule has 1 aliphatic rings. The first-order chi connectivity index (χ1) is 12.2. The molecule has 0 unspecified atom stereocenters. The highest BCUT2D eigenvalue weighted by atomic mass is 16.5. The van der Waals surface area contributed by atoms with Gasteiger partial charge in [0.2, 0.25) is 0 Å². The van der Waals surface area contributed by atoms with Crippen LogP contribution in [0.4, 0.5) is 10.5 Å². The van der Waals surface area contributed by atoms with Gasteiger partial charge in [0, 0.05) is 50.7 Å². The smallest absolute Gasteiger partial charge is 0.321 e. The maximum Gasteiger partial charge on any atom is 0.321 e. The number of aryl methyl sites for hydroxylation is 1. The maximum atomic E-state index is 12.5. The third-order valence-electron chi connectivity index (χ3n) is 4.46. The van der Waals surface area contributed by atoms with Gasteiger partial charge in [-0.3, -0.25) is 9.88 Å². The molecular weight excluding hydrogens is 316 g/mol. The van der Waals surface area contributed by atoms with Crippen molar-refractivity contribution in [1.29, 1.82) is 0 Å². The standard InChI is InChI=1S/C19H24N4O2/c1-15-6-7-17(25-2)13-18(15)21-19(24)23-11-9-22(10-12-23)14-16-5-3-4-8-20-16/h3-8,13H,9-12,14H2,1-2H3,(H,21,24). The van der Waals surface area contributed by atoms with E-state index in [1.807, 2.05) is 54.4 Å². The number of benzene rings is 1. The van der Waals surface area contributed by atoms with Gasteiger partial charge in [0.1, 0.15) is 5.75 Å². The molecule has 2 heterocycles. The van der Waals surface area contributed by atoms with Crippen LogP contribution in [0.3, 0.4) is 0 Å². The molecule has 6 heteroatoms. The van der Waals surface area contributed by atoms with Gasteiger partial charge in [0.15, 0.2) is 0 Å². The summed E-state index contributed by atoms with van der Waals surface area (Å²) in [4.78, 5) is 21.1. The van der Waals surface area contributed by atoms with E-state index in [1.165, 1.54) is 0 Å². The average molecular weight is 340 g/mol. The molecule has 6 nitrogen and oxygen atoms in total.